The third kappa shape index (κ3) is 4.11. The molecule has 7 heteroatoms. The van der Waals surface area contributed by atoms with E-state index < -0.39 is 5.97 Å². The number of para-hydroxylation sites is 1. The lowest BCUT2D eigenvalue weighted by Crippen LogP contribution is -2.38. The Bertz CT molecular complexity index is 1750. The van der Waals surface area contributed by atoms with Gasteiger partial charge < -0.3 is 9.47 Å². The van der Waals surface area contributed by atoms with Crippen molar-refractivity contribution in [2.45, 2.75) is 25.8 Å². The molecule has 2 aliphatic rings. The molecule has 2 heterocycles. The number of carbonyl (C=O) groups excluding carboxylic acids is 1. The highest BCUT2D eigenvalue weighted by molar-refractivity contribution is 7.07. The average molecular weight is 509 g/mol. The van der Waals surface area contributed by atoms with E-state index in [0.717, 1.165) is 41.0 Å². The van der Waals surface area contributed by atoms with E-state index in [1.165, 1.54) is 23.8 Å². The summed E-state index contributed by atoms with van der Waals surface area (Å²) >= 11 is 1.35. The summed E-state index contributed by atoms with van der Waals surface area (Å²) in [6.45, 7) is 1.36. The van der Waals surface area contributed by atoms with Gasteiger partial charge in [0, 0.05) is 18.1 Å². The summed E-state index contributed by atoms with van der Waals surface area (Å²) in [6, 6.07) is 23.2. The van der Waals surface area contributed by atoms with Crippen molar-refractivity contribution in [2.24, 2.45) is 4.99 Å². The Morgan fingerprint density at radius 3 is 2.57 bits per heavy atom. The number of esters is 1. The van der Waals surface area contributed by atoms with Gasteiger partial charge in [0.05, 0.1) is 23.4 Å². The zero-order valence-corrected chi connectivity index (χ0v) is 21.2. The second kappa shape index (κ2) is 9.33. The first-order valence-corrected chi connectivity index (χ1v) is 12.9. The molecule has 0 bridgehead atoms. The van der Waals surface area contributed by atoms with Crippen LogP contribution in [0.25, 0.3) is 11.8 Å². The van der Waals surface area contributed by atoms with E-state index in [2.05, 4.69) is 18.2 Å². The Morgan fingerprint density at radius 1 is 1.03 bits per heavy atom. The number of aryl methyl sites for hydroxylation is 1. The number of fused-ring (bicyclic) bond motifs is 3. The number of hydrogen-bond donors (Lipinski definition) is 0. The molecule has 0 radical (unpaired) electrons. The van der Waals surface area contributed by atoms with E-state index in [-0.39, 0.29) is 11.6 Å². The predicted octanol–water partition coefficient (Wildman–Crippen LogP) is 4.25. The largest absolute Gasteiger partial charge is 0.497 e. The van der Waals surface area contributed by atoms with Gasteiger partial charge in [-0.25, -0.2) is 4.99 Å². The maximum atomic E-state index is 13.9. The van der Waals surface area contributed by atoms with Crippen LogP contribution in [-0.4, -0.2) is 17.6 Å². The molecule has 1 atom stereocenters. The summed E-state index contributed by atoms with van der Waals surface area (Å²) < 4.78 is 13.1. The molecule has 1 aliphatic carbocycles. The zero-order chi connectivity index (χ0) is 25.5. The fraction of sp³-hybridized carbons (Fsp3) is 0.167. The third-order valence-corrected chi connectivity index (χ3v) is 7.75. The molecule has 0 fully saturated rings. The van der Waals surface area contributed by atoms with Crippen LogP contribution >= 0.6 is 11.3 Å². The number of benzene rings is 3. The maximum Gasteiger partial charge on any atom is 0.308 e. The van der Waals surface area contributed by atoms with E-state index in [0.29, 0.717) is 20.6 Å². The topological polar surface area (TPSA) is 69.9 Å². The number of methoxy groups -OCH3 is 1. The van der Waals surface area contributed by atoms with Crippen LogP contribution in [0, 0.1) is 0 Å². The first kappa shape index (κ1) is 23.2. The van der Waals surface area contributed by atoms with Gasteiger partial charge in [0.1, 0.15) is 11.5 Å². The molecule has 6 nitrogen and oxygen atoms in total. The highest BCUT2D eigenvalue weighted by Gasteiger charge is 2.32. The fourth-order valence-corrected chi connectivity index (χ4v) is 6.09. The molecule has 1 aromatic heterocycles. The number of ether oxygens (including phenoxy) is 2. The third-order valence-electron chi connectivity index (χ3n) is 6.76. The van der Waals surface area contributed by atoms with Crippen LogP contribution < -0.4 is 24.4 Å². The number of hydrogen-bond acceptors (Lipinski definition) is 6. The van der Waals surface area contributed by atoms with Gasteiger partial charge >= 0.3 is 5.97 Å². The van der Waals surface area contributed by atoms with Gasteiger partial charge in [0.2, 0.25) is 0 Å². The maximum absolute atomic E-state index is 13.9. The van der Waals surface area contributed by atoms with Gasteiger partial charge in [0.15, 0.2) is 4.80 Å². The number of aromatic nitrogens is 1. The molecular formula is C30H24N2O4S. The SMILES string of the molecule is COc1ccc([C@H]2C3=C(N=c4s/c(=C/c5ccccc5OC(C)=O)c(=O)n42)c2ccccc2CC3)cc1. The highest BCUT2D eigenvalue weighted by atomic mass is 32.1. The molecular weight excluding hydrogens is 484 g/mol. The normalized spacial score (nSPS) is 16.4. The molecule has 184 valence electrons. The molecule has 0 N–H and O–H groups in total. The van der Waals surface area contributed by atoms with Crippen molar-refractivity contribution in [2.75, 3.05) is 7.11 Å². The number of thiazole rings is 1. The van der Waals surface area contributed by atoms with Crippen molar-refractivity contribution in [3.05, 3.63) is 120 Å². The summed E-state index contributed by atoms with van der Waals surface area (Å²) in [6.07, 6.45) is 3.51. The van der Waals surface area contributed by atoms with Crippen molar-refractivity contribution in [1.82, 2.24) is 4.57 Å². The molecule has 37 heavy (non-hydrogen) atoms. The number of carbonyl (C=O) groups is 1. The minimum absolute atomic E-state index is 0.118. The van der Waals surface area contributed by atoms with Crippen molar-refractivity contribution < 1.29 is 14.3 Å². The van der Waals surface area contributed by atoms with Crippen molar-refractivity contribution in [3.8, 4) is 11.5 Å². The lowest BCUT2D eigenvalue weighted by molar-refractivity contribution is -0.131. The molecule has 4 aromatic rings. The molecule has 0 saturated carbocycles. The summed E-state index contributed by atoms with van der Waals surface area (Å²) in [5, 5.41) is 0. The van der Waals surface area contributed by atoms with Crippen LogP contribution in [0.1, 0.15) is 41.6 Å². The summed E-state index contributed by atoms with van der Waals surface area (Å²) in [5.41, 5.74) is 6.05. The van der Waals surface area contributed by atoms with Gasteiger partial charge in [-0.3, -0.25) is 14.2 Å². The van der Waals surface area contributed by atoms with Crippen LogP contribution in [-0.2, 0) is 11.2 Å². The summed E-state index contributed by atoms with van der Waals surface area (Å²) in [5.74, 6) is 0.773. The van der Waals surface area contributed by atoms with Gasteiger partial charge in [0.25, 0.3) is 5.56 Å². The number of nitrogens with zero attached hydrogens (tertiary/aromatic N) is 2. The Labute approximate surface area is 217 Å². The van der Waals surface area contributed by atoms with E-state index in [1.54, 1.807) is 29.9 Å². The van der Waals surface area contributed by atoms with Crippen molar-refractivity contribution in [3.63, 3.8) is 0 Å². The van der Waals surface area contributed by atoms with E-state index >= 15 is 0 Å². The van der Waals surface area contributed by atoms with Crippen LogP contribution in [0.2, 0.25) is 0 Å². The molecule has 0 amide bonds. The molecule has 0 saturated heterocycles. The minimum Gasteiger partial charge on any atom is -0.497 e. The molecule has 1 aliphatic heterocycles. The lowest BCUT2D eigenvalue weighted by Gasteiger charge is -2.30. The van der Waals surface area contributed by atoms with E-state index in [1.807, 2.05) is 42.5 Å². The van der Waals surface area contributed by atoms with Gasteiger partial charge in [-0.15, -0.1) is 0 Å². The Hall–Kier alpha value is -4.23. The van der Waals surface area contributed by atoms with E-state index in [9.17, 15) is 9.59 Å². The van der Waals surface area contributed by atoms with Crippen molar-refractivity contribution in [1.29, 1.82) is 0 Å². The van der Waals surface area contributed by atoms with Gasteiger partial charge in [-0.05, 0) is 53.8 Å². The standard InChI is InChI=1S/C30H24N2O4S/c1-18(33)36-25-10-6-4-8-21(25)17-26-29(34)32-28(20-11-14-22(35-2)15-12-20)24-16-13-19-7-3-5-9-23(19)27(24)31-30(32)37-26/h3-12,14-15,17,28H,13,16H2,1-2H3/b26-17+/t28-/m0/s1. The Morgan fingerprint density at radius 2 is 1.78 bits per heavy atom. The number of rotatable bonds is 4. The fourth-order valence-electron chi connectivity index (χ4n) is 5.10. The molecule has 6 rings (SSSR count). The van der Waals surface area contributed by atoms with Crippen molar-refractivity contribution >= 4 is 29.1 Å². The molecule has 0 spiro atoms. The second-order valence-corrected chi connectivity index (χ2v) is 10.0. The monoisotopic (exact) mass is 508 g/mol. The Kier molecular flexibility index (Phi) is 5.85. The highest BCUT2D eigenvalue weighted by Crippen LogP contribution is 2.41. The van der Waals surface area contributed by atoms with Crippen LogP contribution in [0.4, 0.5) is 0 Å². The minimum atomic E-state index is -0.409. The first-order chi connectivity index (χ1) is 18.0. The smallest absolute Gasteiger partial charge is 0.308 e. The van der Waals surface area contributed by atoms with Crippen LogP contribution in [0.5, 0.6) is 11.5 Å². The zero-order valence-electron chi connectivity index (χ0n) is 20.4. The quantitative estimate of drug-likeness (QED) is 0.305. The van der Waals surface area contributed by atoms with Crippen LogP contribution in [0.15, 0.2) is 88.2 Å². The number of allylic oxidation sites excluding steroid dienone is 1. The van der Waals surface area contributed by atoms with Gasteiger partial charge in [-0.2, -0.15) is 0 Å². The second-order valence-electron chi connectivity index (χ2n) is 9.02. The van der Waals surface area contributed by atoms with Gasteiger partial charge in [-0.1, -0.05) is 65.9 Å². The first-order valence-electron chi connectivity index (χ1n) is 12.1. The molecule has 3 aromatic carbocycles. The average Bonchev–Trinajstić information content (AvgIpc) is 3.22. The van der Waals surface area contributed by atoms with E-state index in [4.69, 9.17) is 14.5 Å². The lowest BCUT2D eigenvalue weighted by atomic mass is 9.83. The van der Waals surface area contributed by atoms with Crippen LogP contribution in [0.3, 0.4) is 0 Å². The Balaban J connectivity index is 1.59. The predicted molar refractivity (Wildman–Crippen MR) is 143 cm³/mol. The summed E-state index contributed by atoms with van der Waals surface area (Å²) in [4.78, 5) is 31.2. The summed E-state index contributed by atoms with van der Waals surface area (Å²) in [7, 11) is 1.64. The molecule has 0 unspecified atom stereocenters.